The zero-order valence-corrected chi connectivity index (χ0v) is 15.2. The zero-order chi connectivity index (χ0) is 19.2. The minimum atomic E-state index is -0.344. The van der Waals surface area contributed by atoms with Crippen molar-refractivity contribution in [2.24, 2.45) is 0 Å². The number of carbonyl (C=O) groups excluding carboxylic acids is 2. The summed E-state index contributed by atoms with van der Waals surface area (Å²) in [6.07, 6.45) is 3.08. The first kappa shape index (κ1) is 18.3. The number of rotatable bonds is 5. The molecular formula is C21H20N4O2. The van der Waals surface area contributed by atoms with E-state index in [4.69, 9.17) is 0 Å². The Balaban J connectivity index is 1.54. The third kappa shape index (κ3) is 4.76. The summed E-state index contributed by atoms with van der Waals surface area (Å²) in [5.41, 5.74) is 4.04. The largest absolute Gasteiger partial charge is 0.343 e. The molecule has 0 aliphatic heterocycles. The SMILES string of the molecule is Cc1ccc(C(=O)NCC(=O)Nc2cnc(-c3ccccc3)nc2)cc1C. The van der Waals surface area contributed by atoms with Crippen LogP contribution in [0.4, 0.5) is 5.69 Å². The fraction of sp³-hybridized carbons (Fsp3) is 0.143. The van der Waals surface area contributed by atoms with E-state index in [9.17, 15) is 9.59 Å². The van der Waals surface area contributed by atoms with Gasteiger partial charge in [0.05, 0.1) is 24.6 Å². The van der Waals surface area contributed by atoms with Crippen molar-refractivity contribution < 1.29 is 9.59 Å². The van der Waals surface area contributed by atoms with Gasteiger partial charge < -0.3 is 10.6 Å². The van der Waals surface area contributed by atoms with E-state index in [0.717, 1.165) is 16.7 Å². The topological polar surface area (TPSA) is 84.0 Å². The highest BCUT2D eigenvalue weighted by Crippen LogP contribution is 2.14. The number of hydrogen-bond donors (Lipinski definition) is 2. The molecule has 0 radical (unpaired) electrons. The van der Waals surface area contributed by atoms with Gasteiger partial charge in [0.1, 0.15) is 0 Å². The van der Waals surface area contributed by atoms with Crippen molar-refractivity contribution in [3.8, 4) is 11.4 Å². The van der Waals surface area contributed by atoms with Crippen LogP contribution in [-0.2, 0) is 4.79 Å². The summed E-state index contributed by atoms with van der Waals surface area (Å²) in [4.78, 5) is 32.7. The maximum Gasteiger partial charge on any atom is 0.251 e. The summed E-state index contributed by atoms with van der Waals surface area (Å²) in [7, 11) is 0. The highest BCUT2D eigenvalue weighted by Gasteiger charge is 2.10. The van der Waals surface area contributed by atoms with Crippen LogP contribution >= 0.6 is 0 Å². The molecule has 0 spiro atoms. The first-order valence-corrected chi connectivity index (χ1v) is 8.56. The Labute approximate surface area is 157 Å². The molecule has 2 N–H and O–H groups in total. The number of anilines is 1. The number of carbonyl (C=O) groups is 2. The summed E-state index contributed by atoms with van der Waals surface area (Å²) in [6, 6.07) is 15.0. The van der Waals surface area contributed by atoms with Crippen LogP contribution in [0.5, 0.6) is 0 Å². The normalized spacial score (nSPS) is 10.3. The molecule has 0 atom stereocenters. The molecular weight excluding hydrogens is 340 g/mol. The minimum Gasteiger partial charge on any atom is -0.343 e. The van der Waals surface area contributed by atoms with Gasteiger partial charge in [0.15, 0.2) is 5.82 Å². The number of hydrogen-bond acceptors (Lipinski definition) is 4. The Morgan fingerprint density at radius 2 is 1.63 bits per heavy atom. The average Bonchev–Trinajstić information content (AvgIpc) is 2.69. The molecule has 0 unspecified atom stereocenters. The Kier molecular flexibility index (Phi) is 5.56. The molecule has 6 nitrogen and oxygen atoms in total. The molecule has 1 aromatic heterocycles. The number of benzene rings is 2. The molecule has 2 aromatic carbocycles. The molecule has 1 heterocycles. The molecule has 136 valence electrons. The molecule has 0 fully saturated rings. The monoisotopic (exact) mass is 360 g/mol. The van der Waals surface area contributed by atoms with Crippen molar-refractivity contribution in [3.63, 3.8) is 0 Å². The lowest BCUT2D eigenvalue weighted by atomic mass is 10.1. The lowest BCUT2D eigenvalue weighted by Crippen LogP contribution is -2.32. The number of nitrogens with zero attached hydrogens (tertiary/aromatic N) is 2. The number of aromatic nitrogens is 2. The van der Waals surface area contributed by atoms with Gasteiger partial charge >= 0.3 is 0 Å². The van der Waals surface area contributed by atoms with E-state index in [1.54, 1.807) is 24.5 Å². The van der Waals surface area contributed by atoms with E-state index >= 15 is 0 Å². The molecule has 2 amide bonds. The van der Waals surface area contributed by atoms with Gasteiger partial charge in [-0.1, -0.05) is 36.4 Å². The van der Waals surface area contributed by atoms with E-state index in [1.165, 1.54) is 0 Å². The molecule has 6 heteroatoms. The second-order valence-corrected chi connectivity index (χ2v) is 6.19. The van der Waals surface area contributed by atoms with Crippen LogP contribution in [0.3, 0.4) is 0 Å². The van der Waals surface area contributed by atoms with Gasteiger partial charge in [-0.15, -0.1) is 0 Å². The van der Waals surface area contributed by atoms with Crippen LogP contribution in [0.2, 0.25) is 0 Å². The predicted octanol–water partition coefficient (Wildman–Crippen LogP) is 3.13. The molecule has 0 saturated carbocycles. The second kappa shape index (κ2) is 8.23. The molecule has 0 saturated heterocycles. The van der Waals surface area contributed by atoms with Gasteiger partial charge in [0.2, 0.25) is 5.91 Å². The van der Waals surface area contributed by atoms with Crippen LogP contribution < -0.4 is 10.6 Å². The first-order chi connectivity index (χ1) is 13.0. The van der Waals surface area contributed by atoms with Crippen LogP contribution in [0.15, 0.2) is 60.9 Å². The number of amides is 2. The van der Waals surface area contributed by atoms with Crippen LogP contribution in [0, 0.1) is 13.8 Å². The highest BCUT2D eigenvalue weighted by atomic mass is 16.2. The van der Waals surface area contributed by atoms with Gasteiger partial charge in [-0.25, -0.2) is 9.97 Å². The maximum atomic E-state index is 12.2. The average molecular weight is 360 g/mol. The Bertz CT molecular complexity index is 954. The second-order valence-electron chi connectivity index (χ2n) is 6.19. The Morgan fingerprint density at radius 3 is 2.30 bits per heavy atom. The summed E-state index contributed by atoms with van der Waals surface area (Å²) >= 11 is 0. The standard InChI is InChI=1S/C21H20N4O2/c1-14-8-9-17(10-15(14)2)21(27)24-13-19(26)25-18-11-22-20(23-12-18)16-6-4-3-5-7-16/h3-12H,13H2,1-2H3,(H,24,27)(H,25,26). The van der Waals surface area contributed by atoms with Crippen LogP contribution in [-0.4, -0.2) is 28.3 Å². The number of nitrogens with one attached hydrogen (secondary N) is 2. The summed E-state index contributed by atoms with van der Waals surface area (Å²) < 4.78 is 0. The summed E-state index contributed by atoms with van der Waals surface area (Å²) in [5.74, 6) is -0.0520. The molecule has 27 heavy (non-hydrogen) atoms. The van der Waals surface area contributed by atoms with Gasteiger partial charge in [-0.05, 0) is 37.1 Å². The Morgan fingerprint density at radius 1 is 0.926 bits per heavy atom. The summed E-state index contributed by atoms with van der Waals surface area (Å²) in [6.45, 7) is 3.79. The quantitative estimate of drug-likeness (QED) is 0.732. The zero-order valence-electron chi connectivity index (χ0n) is 15.2. The predicted molar refractivity (Wildman–Crippen MR) is 104 cm³/mol. The molecule has 0 bridgehead atoms. The van der Waals surface area contributed by atoms with E-state index in [1.807, 2.05) is 50.2 Å². The van der Waals surface area contributed by atoms with Crippen LogP contribution in [0.1, 0.15) is 21.5 Å². The van der Waals surface area contributed by atoms with Crippen molar-refractivity contribution in [2.75, 3.05) is 11.9 Å². The van der Waals surface area contributed by atoms with Crippen molar-refractivity contribution in [1.82, 2.24) is 15.3 Å². The molecule has 3 aromatic rings. The Hall–Kier alpha value is -3.54. The highest BCUT2D eigenvalue weighted by molar-refractivity contribution is 5.99. The van der Waals surface area contributed by atoms with Gasteiger partial charge in [0.25, 0.3) is 5.91 Å². The van der Waals surface area contributed by atoms with Crippen molar-refractivity contribution in [3.05, 3.63) is 77.6 Å². The molecule has 3 rings (SSSR count). The van der Waals surface area contributed by atoms with Crippen molar-refractivity contribution >= 4 is 17.5 Å². The van der Waals surface area contributed by atoms with Crippen molar-refractivity contribution in [1.29, 1.82) is 0 Å². The summed E-state index contributed by atoms with van der Waals surface area (Å²) in [5, 5.41) is 5.28. The third-order valence-electron chi connectivity index (χ3n) is 4.15. The van der Waals surface area contributed by atoms with Gasteiger partial charge in [-0.3, -0.25) is 9.59 Å². The smallest absolute Gasteiger partial charge is 0.251 e. The fourth-order valence-electron chi connectivity index (χ4n) is 2.48. The molecule has 0 aliphatic rings. The van der Waals surface area contributed by atoms with E-state index in [0.29, 0.717) is 17.1 Å². The van der Waals surface area contributed by atoms with Gasteiger partial charge in [-0.2, -0.15) is 0 Å². The molecule has 0 aliphatic carbocycles. The van der Waals surface area contributed by atoms with Gasteiger partial charge in [0, 0.05) is 11.1 Å². The number of aryl methyl sites for hydroxylation is 2. The lowest BCUT2D eigenvalue weighted by Gasteiger charge is -2.08. The minimum absolute atomic E-state index is 0.133. The van der Waals surface area contributed by atoms with Crippen molar-refractivity contribution in [2.45, 2.75) is 13.8 Å². The van der Waals surface area contributed by atoms with E-state index in [-0.39, 0.29) is 18.4 Å². The lowest BCUT2D eigenvalue weighted by molar-refractivity contribution is -0.115. The van der Waals surface area contributed by atoms with E-state index < -0.39 is 0 Å². The first-order valence-electron chi connectivity index (χ1n) is 8.56. The maximum absolute atomic E-state index is 12.2. The fourth-order valence-corrected chi connectivity index (χ4v) is 2.48. The third-order valence-corrected chi connectivity index (χ3v) is 4.15. The van der Waals surface area contributed by atoms with Crippen LogP contribution in [0.25, 0.3) is 11.4 Å². The van der Waals surface area contributed by atoms with E-state index in [2.05, 4.69) is 20.6 Å².